The summed E-state index contributed by atoms with van der Waals surface area (Å²) in [6.07, 6.45) is 3.61. The highest BCUT2D eigenvalue weighted by Gasteiger charge is 2.41. The van der Waals surface area contributed by atoms with Crippen LogP contribution in [0.2, 0.25) is 0 Å². The van der Waals surface area contributed by atoms with Gasteiger partial charge in [0.1, 0.15) is 0 Å². The number of hydrogen-bond donors (Lipinski definition) is 1. The predicted octanol–water partition coefficient (Wildman–Crippen LogP) is 3.46. The van der Waals surface area contributed by atoms with E-state index in [0.29, 0.717) is 6.61 Å². The standard InChI is InChI=1S/C11H15BrOS/c1-11(7-13,8-2-3-8)5-10-4-9(12)6-14-10/h4,6,8,13H,2-3,5,7H2,1H3. The normalized spacial score (nSPS) is 20.8. The predicted molar refractivity (Wildman–Crippen MR) is 63.6 cm³/mol. The van der Waals surface area contributed by atoms with Crippen LogP contribution in [0.15, 0.2) is 15.9 Å². The van der Waals surface area contributed by atoms with Gasteiger partial charge in [0.05, 0.1) is 0 Å². The maximum atomic E-state index is 9.46. The smallest absolute Gasteiger partial charge is 0.0490 e. The Morgan fingerprint density at radius 2 is 2.36 bits per heavy atom. The van der Waals surface area contributed by atoms with Gasteiger partial charge in [-0.25, -0.2) is 0 Å². The van der Waals surface area contributed by atoms with Gasteiger partial charge in [-0.05, 0) is 52.6 Å². The van der Waals surface area contributed by atoms with E-state index in [4.69, 9.17) is 0 Å². The van der Waals surface area contributed by atoms with Crippen LogP contribution in [-0.4, -0.2) is 11.7 Å². The molecular formula is C11H15BrOS. The SMILES string of the molecule is CC(CO)(Cc1cc(Br)cs1)C1CC1. The van der Waals surface area contributed by atoms with Crippen molar-refractivity contribution in [3.63, 3.8) is 0 Å². The number of rotatable bonds is 4. The van der Waals surface area contributed by atoms with Gasteiger partial charge in [0.25, 0.3) is 0 Å². The molecule has 1 heterocycles. The van der Waals surface area contributed by atoms with E-state index in [1.807, 2.05) is 0 Å². The van der Waals surface area contributed by atoms with Crippen LogP contribution in [0, 0.1) is 11.3 Å². The molecule has 1 atom stereocenters. The molecule has 1 aliphatic carbocycles. The fraction of sp³-hybridized carbons (Fsp3) is 0.636. The molecule has 0 bridgehead atoms. The average molecular weight is 275 g/mol. The van der Waals surface area contributed by atoms with Crippen molar-refractivity contribution in [1.29, 1.82) is 0 Å². The highest BCUT2D eigenvalue weighted by molar-refractivity contribution is 9.10. The second kappa shape index (κ2) is 3.95. The van der Waals surface area contributed by atoms with Gasteiger partial charge < -0.3 is 5.11 Å². The summed E-state index contributed by atoms with van der Waals surface area (Å²) in [5.41, 5.74) is 0.115. The van der Waals surface area contributed by atoms with Crippen molar-refractivity contribution in [1.82, 2.24) is 0 Å². The highest BCUT2D eigenvalue weighted by atomic mass is 79.9. The summed E-state index contributed by atoms with van der Waals surface area (Å²) in [5.74, 6) is 0.744. The van der Waals surface area contributed by atoms with Crippen LogP contribution in [-0.2, 0) is 6.42 Å². The monoisotopic (exact) mass is 274 g/mol. The van der Waals surface area contributed by atoms with E-state index in [1.165, 1.54) is 17.7 Å². The minimum atomic E-state index is 0.115. The molecule has 0 amide bonds. The Labute approximate surface area is 97.3 Å². The third kappa shape index (κ3) is 2.20. The molecule has 0 saturated heterocycles. The van der Waals surface area contributed by atoms with E-state index in [0.717, 1.165) is 16.8 Å². The summed E-state index contributed by atoms with van der Waals surface area (Å²) in [7, 11) is 0. The lowest BCUT2D eigenvalue weighted by atomic mass is 9.82. The third-order valence-electron chi connectivity index (χ3n) is 3.12. The van der Waals surface area contributed by atoms with E-state index in [2.05, 4.69) is 34.3 Å². The van der Waals surface area contributed by atoms with E-state index >= 15 is 0 Å². The maximum absolute atomic E-state index is 9.46. The van der Waals surface area contributed by atoms with Gasteiger partial charge in [-0.15, -0.1) is 11.3 Å². The van der Waals surface area contributed by atoms with Crippen LogP contribution >= 0.6 is 27.3 Å². The Bertz CT molecular complexity index is 319. The minimum absolute atomic E-state index is 0.115. The summed E-state index contributed by atoms with van der Waals surface area (Å²) in [5, 5.41) is 11.6. The summed E-state index contributed by atoms with van der Waals surface area (Å²) in [4.78, 5) is 1.38. The molecule has 1 aliphatic rings. The molecule has 2 rings (SSSR count). The fourth-order valence-electron chi connectivity index (χ4n) is 1.95. The van der Waals surface area contributed by atoms with Gasteiger partial charge >= 0.3 is 0 Å². The van der Waals surface area contributed by atoms with Crippen molar-refractivity contribution in [3.8, 4) is 0 Å². The van der Waals surface area contributed by atoms with Crippen molar-refractivity contribution in [3.05, 3.63) is 20.8 Å². The summed E-state index contributed by atoms with van der Waals surface area (Å²) in [6.45, 7) is 2.52. The Morgan fingerprint density at radius 3 is 2.79 bits per heavy atom. The molecular weight excluding hydrogens is 260 g/mol. The van der Waals surface area contributed by atoms with Gasteiger partial charge in [0.15, 0.2) is 0 Å². The second-order valence-electron chi connectivity index (χ2n) is 4.49. The van der Waals surface area contributed by atoms with E-state index in [1.54, 1.807) is 11.3 Å². The van der Waals surface area contributed by atoms with E-state index in [-0.39, 0.29) is 5.41 Å². The molecule has 0 spiro atoms. The first-order chi connectivity index (χ1) is 6.64. The van der Waals surface area contributed by atoms with Crippen LogP contribution < -0.4 is 0 Å². The van der Waals surface area contributed by atoms with Gasteiger partial charge in [-0.1, -0.05) is 6.92 Å². The molecule has 1 aromatic heterocycles. The highest BCUT2D eigenvalue weighted by Crippen LogP contribution is 2.47. The molecule has 78 valence electrons. The minimum Gasteiger partial charge on any atom is -0.396 e. The molecule has 1 N–H and O–H groups in total. The molecule has 0 aliphatic heterocycles. The Morgan fingerprint density at radius 1 is 1.64 bits per heavy atom. The number of hydrogen-bond acceptors (Lipinski definition) is 2. The van der Waals surface area contributed by atoms with Crippen molar-refractivity contribution < 1.29 is 5.11 Å². The van der Waals surface area contributed by atoms with E-state index < -0.39 is 0 Å². The molecule has 14 heavy (non-hydrogen) atoms. The molecule has 1 fully saturated rings. The Balaban J connectivity index is 2.07. The van der Waals surface area contributed by atoms with Gasteiger partial charge in [-0.3, -0.25) is 0 Å². The Hall–Kier alpha value is 0.140. The first-order valence-electron chi connectivity index (χ1n) is 4.98. The van der Waals surface area contributed by atoms with Crippen LogP contribution in [0.25, 0.3) is 0 Å². The van der Waals surface area contributed by atoms with Crippen LogP contribution in [0.1, 0.15) is 24.6 Å². The molecule has 1 aromatic rings. The van der Waals surface area contributed by atoms with Crippen LogP contribution in [0.5, 0.6) is 0 Å². The zero-order valence-corrected chi connectivity index (χ0v) is 10.7. The lowest BCUT2D eigenvalue weighted by Crippen LogP contribution is -2.26. The lowest BCUT2D eigenvalue weighted by molar-refractivity contribution is 0.120. The van der Waals surface area contributed by atoms with Gasteiger partial charge in [-0.2, -0.15) is 0 Å². The summed E-state index contributed by atoms with van der Waals surface area (Å²) >= 11 is 5.24. The maximum Gasteiger partial charge on any atom is 0.0490 e. The van der Waals surface area contributed by atoms with Crippen molar-refractivity contribution in [2.75, 3.05) is 6.61 Å². The third-order valence-corrected chi connectivity index (χ3v) is 4.82. The first-order valence-corrected chi connectivity index (χ1v) is 6.65. The summed E-state index contributed by atoms with van der Waals surface area (Å²) < 4.78 is 1.16. The first kappa shape index (κ1) is 10.7. The van der Waals surface area contributed by atoms with Gasteiger partial charge in [0, 0.05) is 21.3 Å². The molecule has 1 saturated carbocycles. The molecule has 3 heteroatoms. The Kier molecular flexibility index (Phi) is 3.01. The quantitative estimate of drug-likeness (QED) is 0.892. The molecule has 0 radical (unpaired) electrons. The molecule has 1 unspecified atom stereocenters. The number of thiophene rings is 1. The number of halogens is 1. The van der Waals surface area contributed by atoms with Crippen molar-refractivity contribution >= 4 is 27.3 Å². The molecule has 1 nitrogen and oxygen atoms in total. The van der Waals surface area contributed by atoms with Crippen LogP contribution in [0.3, 0.4) is 0 Å². The van der Waals surface area contributed by atoms with Crippen LogP contribution in [0.4, 0.5) is 0 Å². The van der Waals surface area contributed by atoms with Crippen molar-refractivity contribution in [2.24, 2.45) is 11.3 Å². The lowest BCUT2D eigenvalue weighted by Gasteiger charge is -2.26. The molecule has 0 aromatic carbocycles. The topological polar surface area (TPSA) is 20.2 Å². The second-order valence-corrected chi connectivity index (χ2v) is 6.41. The van der Waals surface area contributed by atoms with E-state index in [9.17, 15) is 5.11 Å². The fourth-order valence-corrected chi connectivity index (χ4v) is 3.60. The largest absolute Gasteiger partial charge is 0.396 e. The summed E-state index contributed by atoms with van der Waals surface area (Å²) in [6, 6.07) is 2.17. The zero-order chi connectivity index (χ0) is 10.2. The number of aliphatic hydroxyl groups excluding tert-OH is 1. The number of aliphatic hydroxyl groups is 1. The van der Waals surface area contributed by atoms with Crippen molar-refractivity contribution in [2.45, 2.75) is 26.2 Å². The van der Waals surface area contributed by atoms with Gasteiger partial charge in [0.2, 0.25) is 0 Å². The zero-order valence-electron chi connectivity index (χ0n) is 8.29. The average Bonchev–Trinajstić information content (AvgIpc) is 2.93.